The minimum absolute atomic E-state index is 0. The van der Waals surface area contributed by atoms with Crippen molar-refractivity contribution in [3.05, 3.63) is 70.6 Å². The van der Waals surface area contributed by atoms with Gasteiger partial charge in [0.1, 0.15) is 11.4 Å². The van der Waals surface area contributed by atoms with E-state index >= 15 is 0 Å². The molecule has 10 heteroatoms. The number of allylic oxidation sites excluding steroid dienone is 4. The molecule has 1 radical (unpaired) electrons. The van der Waals surface area contributed by atoms with Crippen LogP contribution in [-0.4, -0.2) is 15.4 Å². The fraction of sp³-hybridized carbons (Fsp3) is 0.286. The van der Waals surface area contributed by atoms with Gasteiger partial charge in [-0.3, -0.25) is 26.4 Å². The normalized spacial score (nSPS) is 10.2. The van der Waals surface area contributed by atoms with Gasteiger partial charge in [-0.15, -0.1) is 9.81 Å². The van der Waals surface area contributed by atoms with Crippen molar-refractivity contribution >= 4 is 0 Å². The Morgan fingerprint density at radius 2 is 1.17 bits per heavy atom. The van der Waals surface area contributed by atoms with Crippen molar-refractivity contribution < 1.29 is 27.2 Å². The summed E-state index contributed by atoms with van der Waals surface area (Å²) in [7, 11) is 0. The van der Waals surface area contributed by atoms with Crippen LogP contribution in [-0.2, 0) is 16.8 Å². The maximum absolute atomic E-state index is 9.65. The second-order valence-corrected chi connectivity index (χ2v) is 3.85. The predicted octanol–water partition coefficient (Wildman–Crippen LogP) is 3.50. The molecule has 0 atom stereocenters. The molecule has 0 amide bonds. The van der Waals surface area contributed by atoms with E-state index in [0.29, 0.717) is 11.4 Å². The van der Waals surface area contributed by atoms with E-state index in [-0.39, 0.29) is 35.6 Å². The molecular weight excluding hydrogens is 361 g/mol. The first-order valence-electron chi connectivity index (χ1n) is 6.11. The quantitative estimate of drug-likeness (QED) is 0.354. The van der Waals surface area contributed by atoms with Crippen LogP contribution >= 0.6 is 0 Å². The van der Waals surface area contributed by atoms with E-state index in [9.17, 15) is 9.81 Å². The van der Waals surface area contributed by atoms with Crippen molar-refractivity contribution in [1.82, 2.24) is 15.9 Å². The minimum atomic E-state index is 0. The number of hydrogen-bond donors (Lipinski definition) is 4. The molecule has 0 aromatic carbocycles. The molecular formula is C14H24CoN5O4-. The molecule has 0 unspecified atom stereocenters. The summed E-state index contributed by atoms with van der Waals surface area (Å²) < 4.78 is 0. The topological polar surface area (TPSA) is 136 Å². The third-order valence-electron chi connectivity index (χ3n) is 2.26. The molecule has 1 rings (SSSR count). The standard InChI is InChI=1S/C5H5N.2C4H8N2O2.CH3.Co/c1-2-4-6-5-3-1;2*1-3(5-7)4(2)6-8;;/h1-5H;2*5,7H,1-2H3;1H3;/q;;;-1;/b;2*4-3-;;. The molecule has 139 valence electrons. The number of nitrogens with zero attached hydrogens (tertiary/aromatic N) is 3. The first kappa shape index (κ1) is 29.8. The van der Waals surface area contributed by atoms with E-state index in [1.54, 1.807) is 37.2 Å². The maximum Gasteiger partial charge on any atom is 0.103 e. The number of aromatic nitrogens is 1. The van der Waals surface area contributed by atoms with Crippen molar-refractivity contribution in [2.24, 2.45) is 10.4 Å². The molecule has 0 aliphatic carbocycles. The second kappa shape index (κ2) is 20.9. The molecule has 0 spiro atoms. The Kier molecular flexibility index (Phi) is 25.9. The summed E-state index contributed by atoms with van der Waals surface area (Å²) in [5, 5.41) is 21.4. The van der Waals surface area contributed by atoms with Gasteiger partial charge in [0.25, 0.3) is 0 Å². The Hall–Kier alpha value is -2.14. The van der Waals surface area contributed by atoms with Gasteiger partial charge in [-0.2, -0.15) is 0 Å². The smallest absolute Gasteiger partial charge is 0.103 e. The monoisotopic (exact) mass is 385 g/mol. The first-order chi connectivity index (χ1) is 10.4. The minimum Gasteiger partial charge on any atom is -0.358 e. The average Bonchev–Trinajstić information content (AvgIpc) is 2.61. The van der Waals surface area contributed by atoms with Crippen molar-refractivity contribution in [3.63, 3.8) is 0 Å². The largest absolute Gasteiger partial charge is 0.358 e. The van der Waals surface area contributed by atoms with E-state index in [1.165, 1.54) is 13.8 Å². The summed E-state index contributed by atoms with van der Waals surface area (Å²) in [4.78, 5) is 23.1. The molecule has 0 saturated carbocycles. The Bertz CT molecular complexity index is 438. The van der Waals surface area contributed by atoms with Crippen LogP contribution in [0.25, 0.3) is 0 Å². The Balaban J connectivity index is -0.000000121. The van der Waals surface area contributed by atoms with E-state index in [0.717, 1.165) is 0 Å². The summed E-state index contributed by atoms with van der Waals surface area (Å²) in [6.45, 7) is 6.12. The number of hydrogen-bond acceptors (Lipinski definition) is 9. The third-order valence-corrected chi connectivity index (χ3v) is 2.26. The number of nitroso groups, excluding NO2 is 2. The molecule has 4 N–H and O–H groups in total. The first-order valence-corrected chi connectivity index (χ1v) is 6.11. The second-order valence-electron chi connectivity index (χ2n) is 3.85. The summed E-state index contributed by atoms with van der Waals surface area (Å²) >= 11 is 0. The zero-order valence-corrected chi connectivity index (χ0v) is 15.3. The molecule has 24 heavy (non-hydrogen) atoms. The molecule has 0 aliphatic rings. The zero-order chi connectivity index (χ0) is 17.4. The van der Waals surface area contributed by atoms with Gasteiger partial charge < -0.3 is 7.43 Å². The van der Waals surface area contributed by atoms with Crippen LogP contribution in [0.4, 0.5) is 0 Å². The van der Waals surface area contributed by atoms with E-state index < -0.39 is 0 Å². The van der Waals surface area contributed by atoms with E-state index in [4.69, 9.17) is 10.4 Å². The fourth-order valence-electron chi connectivity index (χ4n) is 0.611. The van der Waals surface area contributed by atoms with Gasteiger partial charge in [0, 0.05) is 29.2 Å². The van der Waals surface area contributed by atoms with Crippen molar-refractivity contribution in [3.8, 4) is 0 Å². The van der Waals surface area contributed by atoms with Crippen molar-refractivity contribution in [2.45, 2.75) is 27.7 Å². The molecule has 1 aromatic rings. The van der Waals surface area contributed by atoms with Gasteiger partial charge in [-0.1, -0.05) is 6.07 Å². The number of hydroxylamine groups is 2. The van der Waals surface area contributed by atoms with Gasteiger partial charge in [-0.25, -0.2) is 0 Å². The fourth-order valence-corrected chi connectivity index (χ4v) is 0.611. The number of pyridine rings is 1. The maximum atomic E-state index is 9.65. The predicted molar refractivity (Wildman–Crippen MR) is 88.8 cm³/mol. The third kappa shape index (κ3) is 17.9. The van der Waals surface area contributed by atoms with Crippen molar-refractivity contribution in [1.29, 1.82) is 0 Å². The van der Waals surface area contributed by atoms with Gasteiger partial charge >= 0.3 is 0 Å². The number of rotatable bonds is 4. The van der Waals surface area contributed by atoms with Crippen LogP contribution in [0.5, 0.6) is 0 Å². The number of nitrogens with one attached hydrogen (secondary N) is 2. The van der Waals surface area contributed by atoms with Gasteiger partial charge in [0.2, 0.25) is 0 Å². The molecule has 1 aromatic heterocycles. The summed E-state index contributed by atoms with van der Waals surface area (Å²) in [5.41, 5.74) is 4.87. The van der Waals surface area contributed by atoms with Crippen LogP contribution < -0.4 is 11.0 Å². The van der Waals surface area contributed by atoms with Crippen molar-refractivity contribution in [2.75, 3.05) is 0 Å². The average molecular weight is 385 g/mol. The van der Waals surface area contributed by atoms with Crippen LogP contribution in [0.3, 0.4) is 0 Å². The molecule has 9 nitrogen and oxygen atoms in total. The molecule has 1 heterocycles. The summed E-state index contributed by atoms with van der Waals surface area (Å²) in [6, 6.07) is 5.72. The molecule has 0 bridgehead atoms. The van der Waals surface area contributed by atoms with Crippen LogP contribution in [0.2, 0.25) is 0 Å². The summed E-state index contributed by atoms with van der Waals surface area (Å²) in [5.74, 6) is 0. The Labute approximate surface area is 152 Å². The molecule has 0 aliphatic heterocycles. The van der Waals surface area contributed by atoms with Crippen LogP contribution in [0.1, 0.15) is 27.7 Å². The van der Waals surface area contributed by atoms with Crippen LogP contribution in [0, 0.1) is 17.2 Å². The van der Waals surface area contributed by atoms with Crippen LogP contribution in [0.15, 0.2) is 63.7 Å². The van der Waals surface area contributed by atoms with Gasteiger partial charge in [-0.05, 0) is 50.2 Å². The Morgan fingerprint density at radius 3 is 1.25 bits per heavy atom. The van der Waals surface area contributed by atoms with Gasteiger partial charge in [0.15, 0.2) is 0 Å². The van der Waals surface area contributed by atoms with E-state index in [1.807, 2.05) is 18.2 Å². The summed E-state index contributed by atoms with van der Waals surface area (Å²) in [6.07, 6.45) is 3.50. The Morgan fingerprint density at radius 1 is 0.833 bits per heavy atom. The SMILES string of the molecule is C/C(N=O)=C(\C)NO.C/C(N=O)=C(\C)NO.[CH3-].[Co].c1ccncc1. The van der Waals surface area contributed by atoms with E-state index in [2.05, 4.69) is 15.3 Å². The zero-order valence-electron chi connectivity index (χ0n) is 14.3. The molecule has 0 saturated heterocycles. The van der Waals surface area contributed by atoms with Gasteiger partial charge in [0.05, 0.1) is 11.4 Å². The molecule has 0 fully saturated rings.